The third-order valence-corrected chi connectivity index (χ3v) is 14.0. The summed E-state index contributed by atoms with van der Waals surface area (Å²) in [6, 6.07) is 87.0. The molecule has 14 aromatic rings. The van der Waals surface area contributed by atoms with Crippen LogP contribution in [0, 0.1) is 0 Å². The molecule has 1 aromatic heterocycles. The lowest BCUT2D eigenvalue weighted by molar-refractivity contribution is 0.669. The van der Waals surface area contributed by atoms with Gasteiger partial charge in [-0.15, -0.1) is 0 Å². The fourth-order valence-electron chi connectivity index (χ4n) is 11.0. The minimum absolute atomic E-state index is 0.857. The van der Waals surface area contributed by atoms with E-state index in [-0.39, 0.29) is 0 Å². The summed E-state index contributed by atoms with van der Waals surface area (Å²) in [6.45, 7) is 0. The molecule has 0 aliphatic carbocycles. The summed E-state index contributed by atoms with van der Waals surface area (Å²) in [5.74, 6) is 0. The summed E-state index contributed by atoms with van der Waals surface area (Å²) < 4.78 is 6.56. The minimum Gasteiger partial charge on any atom is -0.456 e. The zero-order valence-corrected chi connectivity index (χ0v) is 35.9. The molecule has 0 radical (unpaired) electrons. The predicted molar refractivity (Wildman–Crippen MR) is 283 cm³/mol. The molecule has 0 fully saturated rings. The van der Waals surface area contributed by atoms with Gasteiger partial charge in [0, 0.05) is 33.9 Å². The Hall–Kier alpha value is -8.72. The first kappa shape index (κ1) is 36.7. The number of anilines is 3. The van der Waals surface area contributed by atoms with E-state index in [1.165, 1.54) is 91.7 Å². The van der Waals surface area contributed by atoms with Gasteiger partial charge < -0.3 is 9.32 Å². The van der Waals surface area contributed by atoms with Crippen molar-refractivity contribution in [2.24, 2.45) is 0 Å². The molecule has 0 saturated heterocycles. The average Bonchev–Trinajstić information content (AvgIpc) is 3.76. The smallest absolute Gasteiger partial charge is 0.137 e. The molecule has 0 saturated carbocycles. The van der Waals surface area contributed by atoms with E-state index < -0.39 is 0 Å². The number of hydrogen-bond donors (Lipinski definition) is 0. The van der Waals surface area contributed by atoms with Gasteiger partial charge >= 0.3 is 0 Å². The number of furan rings is 1. The Labute approximate surface area is 380 Å². The molecule has 2 heteroatoms. The molecule has 66 heavy (non-hydrogen) atoms. The molecule has 306 valence electrons. The van der Waals surface area contributed by atoms with Gasteiger partial charge in [0.05, 0.1) is 0 Å². The van der Waals surface area contributed by atoms with Crippen molar-refractivity contribution in [1.82, 2.24) is 0 Å². The number of hydrogen-bond acceptors (Lipinski definition) is 2. The molecule has 0 N–H and O–H groups in total. The molecule has 0 aliphatic rings. The van der Waals surface area contributed by atoms with Gasteiger partial charge in [0.25, 0.3) is 0 Å². The maximum atomic E-state index is 6.56. The van der Waals surface area contributed by atoms with E-state index in [0.717, 1.165) is 44.6 Å². The summed E-state index contributed by atoms with van der Waals surface area (Å²) in [7, 11) is 0. The van der Waals surface area contributed by atoms with Crippen LogP contribution in [0.15, 0.2) is 241 Å². The molecule has 0 aliphatic heterocycles. The van der Waals surface area contributed by atoms with Crippen LogP contribution in [-0.4, -0.2) is 0 Å². The van der Waals surface area contributed by atoms with Crippen LogP contribution < -0.4 is 4.90 Å². The van der Waals surface area contributed by atoms with Gasteiger partial charge in [-0.2, -0.15) is 0 Å². The van der Waals surface area contributed by atoms with Gasteiger partial charge in [-0.25, -0.2) is 0 Å². The quantitative estimate of drug-likeness (QED) is 0.164. The molecular weight excluding hydrogens is 799 g/mol. The zero-order valence-electron chi connectivity index (χ0n) is 35.9. The number of para-hydroxylation sites is 1. The highest BCUT2D eigenvalue weighted by Gasteiger charge is 2.20. The third kappa shape index (κ3) is 5.55. The lowest BCUT2D eigenvalue weighted by Crippen LogP contribution is -2.10. The lowest BCUT2D eigenvalue weighted by Gasteiger charge is -2.26. The van der Waals surface area contributed by atoms with Gasteiger partial charge in [0.2, 0.25) is 0 Å². The van der Waals surface area contributed by atoms with Crippen molar-refractivity contribution in [3.05, 3.63) is 237 Å². The monoisotopic (exact) mass is 837 g/mol. The Kier molecular flexibility index (Phi) is 8.02. The second kappa shape index (κ2) is 14.4. The van der Waals surface area contributed by atoms with Crippen LogP contribution in [0.25, 0.3) is 119 Å². The molecule has 14 rings (SSSR count). The zero-order chi connectivity index (χ0) is 43.3. The number of nitrogens with zero attached hydrogens (tertiary/aromatic N) is 1. The maximum Gasteiger partial charge on any atom is 0.137 e. The SMILES string of the molecule is c1ccc(-c2cccc(N(c3ccc4c(c3)oc3ccccc34)c3ccc4c(c3)c3ccccc3c3ccccc3c3ccccc3c3c4cc4ccc5cccc6ccc3c4c56)c2)cc1. The molecule has 0 unspecified atom stereocenters. The van der Waals surface area contributed by atoms with Gasteiger partial charge in [-0.05, 0) is 146 Å². The van der Waals surface area contributed by atoms with Crippen LogP contribution in [0.3, 0.4) is 0 Å². The Morgan fingerprint density at radius 3 is 1.47 bits per heavy atom. The van der Waals surface area contributed by atoms with Crippen molar-refractivity contribution in [3.63, 3.8) is 0 Å². The van der Waals surface area contributed by atoms with Gasteiger partial charge in [0.1, 0.15) is 11.2 Å². The van der Waals surface area contributed by atoms with Crippen molar-refractivity contribution in [3.8, 4) is 11.1 Å². The fraction of sp³-hybridized carbons (Fsp3) is 0. The Balaban J connectivity index is 1.16. The summed E-state index contributed by atoms with van der Waals surface area (Å²) >= 11 is 0. The number of benzene rings is 12. The van der Waals surface area contributed by atoms with Gasteiger partial charge in [-0.3, -0.25) is 0 Å². The largest absolute Gasteiger partial charge is 0.456 e. The molecular formula is C64H39NO. The Morgan fingerprint density at radius 2 is 0.727 bits per heavy atom. The van der Waals surface area contributed by atoms with E-state index in [0.29, 0.717) is 0 Å². The van der Waals surface area contributed by atoms with Crippen LogP contribution in [0.4, 0.5) is 17.1 Å². The van der Waals surface area contributed by atoms with Gasteiger partial charge in [-0.1, -0.05) is 182 Å². The van der Waals surface area contributed by atoms with E-state index >= 15 is 0 Å². The van der Waals surface area contributed by atoms with Gasteiger partial charge in [0.15, 0.2) is 0 Å². The van der Waals surface area contributed by atoms with Crippen LogP contribution in [0.5, 0.6) is 0 Å². The summed E-state index contributed by atoms with van der Waals surface area (Å²) in [5, 5.41) is 22.0. The fourth-order valence-corrected chi connectivity index (χ4v) is 11.0. The van der Waals surface area contributed by atoms with Crippen molar-refractivity contribution in [2.75, 3.05) is 4.90 Å². The van der Waals surface area contributed by atoms with E-state index in [1.54, 1.807) is 0 Å². The molecule has 2 nitrogen and oxygen atoms in total. The topological polar surface area (TPSA) is 16.4 Å². The molecule has 0 spiro atoms. The van der Waals surface area contributed by atoms with Crippen LogP contribution in [0.1, 0.15) is 0 Å². The highest BCUT2D eigenvalue weighted by atomic mass is 16.3. The second-order valence-electron chi connectivity index (χ2n) is 17.6. The highest BCUT2D eigenvalue weighted by molar-refractivity contribution is 6.36. The van der Waals surface area contributed by atoms with E-state index in [4.69, 9.17) is 4.42 Å². The predicted octanol–water partition coefficient (Wildman–Crippen LogP) is 18.5. The second-order valence-corrected chi connectivity index (χ2v) is 17.6. The Morgan fingerprint density at radius 1 is 0.227 bits per heavy atom. The molecule has 1 heterocycles. The number of rotatable bonds is 4. The van der Waals surface area contributed by atoms with E-state index in [1.807, 2.05) is 6.07 Å². The van der Waals surface area contributed by atoms with Crippen LogP contribution >= 0.6 is 0 Å². The van der Waals surface area contributed by atoms with Crippen molar-refractivity contribution in [1.29, 1.82) is 0 Å². The molecule has 0 atom stereocenters. The average molecular weight is 838 g/mol. The number of fused-ring (bicyclic) bond motifs is 14. The first-order chi connectivity index (χ1) is 32.7. The summed E-state index contributed by atoms with van der Waals surface area (Å²) in [5.41, 5.74) is 7.20. The summed E-state index contributed by atoms with van der Waals surface area (Å²) in [6.07, 6.45) is 0. The van der Waals surface area contributed by atoms with Crippen molar-refractivity contribution in [2.45, 2.75) is 0 Å². The Bertz CT molecular complexity index is 4340. The molecule has 13 aromatic carbocycles. The van der Waals surface area contributed by atoms with Crippen LogP contribution in [-0.2, 0) is 0 Å². The lowest BCUT2D eigenvalue weighted by atomic mass is 9.88. The normalized spacial score (nSPS) is 11.9. The maximum absolute atomic E-state index is 6.56. The first-order valence-corrected chi connectivity index (χ1v) is 22.7. The van der Waals surface area contributed by atoms with Crippen molar-refractivity contribution >= 4 is 125 Å². The third-order valence-electron chi connectivity index (χ3n) is 14.0. The molecule has 0 bridgehead atoms. The standard InChI is InChI=1S/C64H39NO/c1-2-14-40(15-3-1)43-18-13-19-45(36-43)65(47-32-35-55-54-25-10-11-27-60(54)66-61(55)39-47)46-31-34-53-58(38-46)52-24-7-6-22-50(52)48-20-4-5-21-49(48)51-23-8-9-26-56(51)64-57-33-30-42-17-12-16-41-28-29-44(37-59(53)64)63(57)62(41)42/h1-39H. The van der Waals surface area contributed by atoms with E-state index in [2.05, 4.69) is 235 Å². The minimum atomic E-state index is 0.857. The van der Waals surface area contributed by atoms with E-state index in [9.17, 15) is 0 Å². The van der Waals surface area contributed by atoms with Crippen molar-refractivity contribution < 1.29 is 4.42 Å². The first-order valence-electron chi connectivity index (χ1n) is 22.7. The summed E-state index contributed by atoms with van der Waals surface area (Å²) in [4.78, 5) is 2.39. The molecule has 0 amide bonds. The highest BCUT2D eigenvalue weighted by Crippen LogP contribution is 2.46. The van der Waals surface area contributed by atoms with Crippen LogP contribution in [0.2, 0.25) is 0 Å².